The first-order valence-electron chi connectivity index (χ1n) is 9.61. The minimum absolute atomic E-state index is 0.135. The number of fused-ring (bicyclic) bond motifs is 1. The van der Waals surface area contributed by atoms with E-state index < -0.39 is 0 Å². The summed E-state index contributed by atoms with van der Waals surface area (Å²) in [5, 5.41) is 9.20. The molecule has 4 rings (SSSR count). The number of amides is 1. The molecular weight excluding hydrogens is 400 g/mol. The zero-order chi connectivity index (χ0) is 20.9. The average molecular weight is 423 g/mol. The van der Waals surface area contributed by atoms with Gasteiger partial charge in [-0.25, -0.2) is 4.52 Å². The minimum Gasteiger partial charge on any atom is -0.497 e. The van der Waals surface area contributed by atoms with Crippen LogP contribution in [0.25, 0.3) is 16.2 Å². The number of methoxy groups -OCH3 is 1. The van der Waals surface area contributed by atoms with Crippen LogP contribution >= 0.6 is 11.3 Å². The number of thiazole rings is 1. The molecule has 2 aromatic heterocycles. The van der Waals surface area contributed by atoms with E-state index in [0.717, 1.165) is 28.3 Å². The Kier molecular flexibility index (Phi) is 5.94. The van der Waals surface area contributed by atoms with Crippen molar-refractivity contribution in [3.63, 3.8) is 0 Å². The largest absolute Gasteiger partial charge is 0.497 e. The van der Waals surface area contributed by atoms with Crippen molar-refractivity contribution in [3.8, 4) is 22.8 Å². The molecular formula is C22H22N4O3S. The summed E-state index contributed by atoms with van der Waals surface area (Å²) >= 11 is 1.47. The number of ether oxygens (including phenoxy) is 2. The second-order valence-electron chi connectivity index (χ2n) is 6.75. The highest BCUT2D eigenvalue weighted by Gasteiger charge is 2.14. The number of nitrogens with one attached hydrogen (secondary N) is 1. The fourth-order valence-electron chi connectivity index (χ4n) is 3.04. The van der Waals surface area contributed by atoms with Gasteiger partial charge in [0, 0.05) is 17.4 Å². The van der Waals surface area contributed by atoms with E-state index in [2.05, 4.69) is 15.4 Å². The lowest BCUT2D eigenvalue weighted by atomic mass is 10.2. The van der Waals surface area contributed by atoms with E-state index in [-0.39, 0.29) is 5.91 Å². The van der Waals surface area contributed by atoms with E-state index in [1.165, 1.54) is 11.3 Å². The van der Waals surface area contributed by atoms with Gasteiger partial charge in [-0.05, 0) is 37.1 Å². The molecule has 2 aromatic carbocycles. The van der Waals surface area contributed by atoms with Gasteiger partial charge in [-0.3, -0.25) is 10.1 Å². The highest BCUT2D eigenvalue weighted by molar-refractivity contribution is 7.15. The number of nitrogens with zero attached hydrogens (tertiary/aromatic N) is 3. The Labute approximate surface area is 178 Å². The molecule has 0 unspecified atom stereocenters. The van der Waals surface area contributed by atoms with Crippen LogP contribution < -0.4 is 14.8 Å². The molecule has 1 N–H and O–H groups in total. The maximum Gasteiger partial charge on any atom is 0.250 e. The lowest BCUT2D eigenvalue weighted by molar-refractivity contribution is -0.116. The van der Waals surface area contributed by atoms with Crippen molar-refractivity contribution in [3.05, 3.63) is 59.5 Å². The zero-order valence-electron chi connectivity index (χ0n) is 16.8. The Hall–Kier alpha value is -3.39. The van der Waals surface area contributed by atoms with E-state index in [9.17, 15) is 4.79 Å². The normalized spacial score (nSPS) is 10.9. The smallest absolute Gasteiger partial charge is 0.250 e. The molecule has 2 heterocycles. The molecule has 0 spiro atoms. The lowest BCUT2D eigenvalue weighted by Crippen LogP contribution is -2.14. The summed E-state index contributed by atoms with van der Waals surface area (Å²) in [6, 6.07) is 15.6. The van der Waals surface area contributed by atoms with E-state index in [4.69, 9.17) is 9.47 Å². The maximum absolute atomic E-state index is 12.3. The SMILES string of the molecule is COc1cccc(-c2csc3nc(NC(=O)CCCOc4ccccc4C)nn23)c1. The number of carbonyl (C=O) groups excluding carboxylic acids is 1. The van der Waals surface area contributed by atoms with Crippen LogP contribution in [0, 0.1) is 6.92 Å². The van der Waals surface area contributed by atoms with Gasteiger partial charge in [0.1, 0.15) is 11.5 Å². The number of para-hydroxylation sites is 1. The van der Waals surface area contributed by atoms with Gasteiger partial charge >= 0.3 is 0 Å². The van der Waals surface area contributed by atoms with Crippen LogP contribution in [0.2, 0.25) is 0 Å². The molecule has 30 heavy (non-hydrogen) atoms. The van der Waals surface area contributed by atoms with Gasteiger partial charge in [0.05, 0.1) is 19.4 Å². The molecule has 0 saturated heterocycles. The number of hydrogen-bond donors (Lipinski definition) is 1. The summed E-state index contributed by atoms with van der Waals surface area (Å²) in [5.74, 6) is 1.78. The van der Waals surface area contributed by atoms with E-state index >= 15 is 0 Å². The van der Waals surface area contributed by atoms with Gasteiger partial charge in [0.15, 0.2) is 0 Å². The van der Waals surface area contributed by atoms with Gasteiger partial charge < -0.3 is 9.47 Å². The molecule has 0 saturated carbocycles. The second kappa shape index (κ2) is 8.96. The number of anilines is 1. The maximum atomic E-state index is 12.3. The van der Waals surface area contributed by atoms with E-state index in [1.54, 1.807) is 11.6 Å². The predicted octanol–water partition coefficient (Wildman–Crippen LogP) is 4.57. The fraction of sp³-hybridized carbons (Fsp3) is 0.227. The number of aryl methyl sites for hydroxylation is 1. The first-order chi connectivity index (χ1) is 14.6. The highest BCUT2D eigenvalue weighted by atomic mass is 32.1. The average Bonchev–Trinajstić information content (AvgIpc) is 3.32. The van der Waals surface area contributed by atoms with Crippen LogP contribution in [-0.2, 0) is 4.79 Å². The first-order valence-corrected chi connectivity index (χ1v) is 10.5. The summed E-state index contributed by atoms with van der Waals surface area (Å²) in [7, 11) is 1.64. The Morgan fingerprint density at radius 3 is 2.90 bits per heavy atom. The lowest BCUT2D eigenvalue weighted by Gasteiger charge is -2.08. The molecule has 1 amide bonds. The van der Waals surface area contributed by atoms with Crippen molar-refractivity contribution in [2.75, 3.05) is 19.0 Å². The molecule has 154 valence electrons. The molecule has 0 aliphatic rings. The number of rotatable bonds is 8. The third kappa shape index (κ3) is 4.44. The van der Waals surface area contributed by atoms with Crippen LogP contribution in [-0.4, -0.2) is 34.2 Å². The Balaban J connectivity index is 1.35. The fourth-order valence-corrected chi connectivity index (χ4v) is 3.87. The van der Waals surface area contributed by atoms with Crippen LogP contribution in [0.4, 0.5) is 5.95 Å². The number of hydrogen-bond acceptors (Lipinski definition) is 6. The van der Waals surface area contributed by atoms with Crippen LogP contribution in [0.3, 0.4) is 0 Å². The van der Waals surface area contributed by atoms with Crippen LogP contribution in [0.5, 0.6) is 11.5 Å². The third-order valence-corrected chi connectivity index (χ3v) is 5.41. The van der Waals surface area contributed by atoms with Crippen molar-refractivity contribution in [1.82, 2.24) is 14.6 Å². The van der Waals surface area contributed by atoms with Crippen molar-refractivity contribution in [2.24, 2.45) is 0 Å². The van der Waals surface area contributed by atoms with E-state index in [0.29, 0.717) is 30.4 Å². The summed E-state index contributed by atoms with van der Waals surface area (Å²) < 4.78 is 12.8. The summed E-state index contributed by atoms with van der Waals surface area (Å²) in [4.78, 5) is 17.4. The van der Waals surface area contributed by atoms with Gasteiger partial charge in [-0.15, -0.1) is 16.4 Å². The summed E-state index contributed by atoms with van der Waals surface area (Å²) in [6.07, 6.45) is 0.943. The number of carbonyl (C=O) groups is 1. The Morgan fingerprint density at radius 2 is 2.07 bits per heavy atom. The van der Waals surface area contributed by atoms with Crippen molar-refractivity contribution >= 4 is 28.2 Å². The molecule has 0 bridgehead atoms. The topological polar surface area (TPSA) is 77.8 Å². The standard InChI is InChI=1S/C22H22N4O3S/c1-15-7-3-4-10-19(15)29-12-6-11-20(27)23-21-24-22-26(25-21)18(14-30-22)16-8-5-9-17(13-16)28-2/h3-5,7-10,13-14H,6,11-12H2,1-2H3,(H,23,25,27). The zero-order valence-corrected chi connectivity index (χ0v) is 17.6. The molecule has 0 radical (unpaired) electrons. The summed E-state index contributed by atoms with van der Waals surface area (Å²) in [5.41, 5.74) is 2.95. The van der Waals surface area contributed by atoms with Gasteiger partial charge in [0.25, 0.3) is 0 Å². The van der Waals surface area contributed by atoms with Gasteiger partial charge in [-0.2, -0.15) is 4.98 Å². The molecule has 4 aromatic rings. The molecule has 8 heteroatoms. The third-order valence-electron chi connectivity index (χ3n) is 4.60. The quantitative estimate of drug-likeness (QED) is 0.421. The monoisotopic (exact) mass is 422 g/mol. The van der Waals surface area contributed by atoms with Crippen LogP contribution in [0.1, 0.15) is 18.4 Å². The molecule has 0 fully saturated rings. The highest BCUT2D eigenvalue weighted by Crippen LogP contribution is 2.28. The molecule has 0 atom stereocenters. The van der Waals surface area contributed by atoms with Crippen LogP contribution in [0.15, 0.2) is 53.9 Å². The molecule has 0 aliphatic carbocycles. The summed E-state index contributed by atoms with van der Waals surface area (Å²) in [6.45, 7) is 2.47. The number of benzene rings is 2. The molecule has 7 nitrogen and oxygen atoms in total. The van der Waals surface area contributed by atoms with Gasteiger partial charge in [-0.1, -0.05) is 30.3 Å². The minimum atomic E-state index is -0.135. The molecule has 0 aliphatic heterocycles. The Bertz CT molecular complexity index is 1170. The van der Waals surface area contributed by atoms with Crippen molar-refractivity contribution in [1.29, 1.82) is 0 Å². The second-order valence-corrected chi connectivity index (χ2v) is 7.58. The Morgan fingerprint density at radius 1 is 1.20 bits per heavy atom. The van der Waals surface area contributed by atoms with Crippen molar-refractivity contribution < 1.29 is 14.3 Å². The number of aromatic nitrogens is 3. The first kappa shape index (κ1) is 19.9. The van der Waals surface area contributed by atoms with Gasteiger partial charge in [0.2, 0.25) is 16.8 Å². The van der Waals surface area contributed by atoms with E-state index in [1.807, 2.05) is 60.8 Å². The van der Waals surface area contributed by atoms with Crippen molar-refractivity contribution in [2.45, 2.75) is 19.8 Å². The predicted molar refractivity (Wildman–Crippen MR) is 117 cm³/mol.